The maximum Gasteiger partial charge on any atom is 0.240 e. The summed E-state index contributed by atoms with van der Waals surface area (Å²) < 4.78 is 7.60. The SMILES string of the molecule is CC(C)Oc1cccc2c1ccn2CC(=O)NCC#N. The van der Waals surface area contributed by atoms with Crippen molar-refractivity contribution < 1.29 is 9.53 Å². The van der Waals surface area contributed by atoms with Gasteiger partial charge in [-0.25, -0.2) is 0 Å². The van der Waals surface area contributed by atoms with Crippen LogP contribution in [-0.2, 0) is 11.3 Å². The van der Waals surface area contributed by atoms with Crippen LogP contribution in [0.25, 0.3) is 10.9 Å². The third-order valence-corrected chi connectivity index (χ3v) is 2.81. The summed E-state index contributed by atoms with van der Waals surface area (Å²) in [6, 6.07) is 9.59. The fourth-order valence-electron chi connectivity index (χ4n) is 2.04. The van der Waals surface area contributed by atoms with E-state index in [1.807, 2.05) is 54.9 Å². The van der Waals surface area contributed by atoms with E-state index in [-0.39, 0.29) is 25.1 Å². The predicted molar refractivity (Wildman–Crippen MR) is 76.3 cm³/mol. The van der Waals surface area contributed by atoms with Crippen molar-refractivity contribution in [2.75, 3.05) is 6.54 Å². The number of benzene rings is 1. The first-order chi connectivity index (χ1) is 9.61. The van der Waals surface area contributed by atoms with Crippen LogP contribution in [0.4, 0.5) is 0 Å². The molecule has 0 unspecified atom stereocenters. The summed E-state index contributed by atoms with van der Waals surface area (Å²) >= 11 is 0. The molecular formula is C15H17N3O2. The average molecular weight is 271 g/mol. The highest BCUT2D eigenvalue weighted by Gasteiger charge is 2.10. The number of aromatic nitrogens is 1. The molecule has 0 aliphatic heterocycles. The van der Waals surface area contributed by atoms with E-state index in [0.29, 0.717) is 0 Å². The van der Waals surface area contributed by atoms with Gasteiger partial charge in [-0.15, -0.1) is 0 Å². The molecule has 0 bridgehead atoms. The molecule has 1 aromatic carbocycles. The average Bonchev–Trinajstić information content (AvgIpc) is 2.80. The van der Waals surface area contributed by atoms with Gasteiger partial charge in [0.05, 0.1) is 17.7 Å². The topological polar surface area (TPSA) is 67.0 Å². The van der Waals surface area contributed by atoms with Crippen molar-refractivity contribution in [2.24, 2.45) is 0 Å². The molecule has 2 aromatic rings. The summed E-state index contributed by atoms with van der Waals surface area (Å²) in [7, 11) is 0. The van der Waals surface area contributed by atoms with Crippen molar-refractivity contribution >= 4 is 16.8 Å². The van der Waals surface area contributed by atoms with Crippen molar-refractivity contribution in [1.29, 1.82) is 5.26 Å². The number of nitrogens with zero attached hydrogens (tertiary/aromatic N) is 2. The lowest BCUT2D eigenvalue weighted by Crippen LogP contribution is -2.27. The molecule has 20 heavy (non-hydrogen) atoms. The van der Waals surface area contributed by atoms with Gasteiger partial charge in [0.15, 0.2) is 0 Å². The van der Waals surface area contributed by atoms with Gasteiger partial charge in [-0.1, -0.05) is 6.07 Å². The molecular weight excluding hydrogens is 254 g/mol. The number of fused-ring (bicyclic) bond motifs is 1. The van der Waals surface area contributed by atoms with Gasteiger partial charge in [0.25, 0.3) is 0 Å². The lowest BCUT2D eigenvalue weighted by Gasteiger charge is -2.11. The lowest BCUT2D eigenvalue weighted by atomic mass is 10.2. The van der Waals surface area contributed by atoms with E-state index in [1.165, 1.54) is 0 Å². The molecule has 1 aromatic heterocycles. The number of hydrogen-bond acceptors (Lipinski definition) is 3. The Balaban J connectivity index is 2.24. The molecule has 0 saturated carbocycles. The maximum absolute atomic E-state index is 11.7. The molecule has 0 saturated heterocycles. The molecule has 0 fully saturated rings. The van der Waals surface area contributed by atoms with Crippen LogP contribution in [0, 0.1) is 11.3 Å². The molecule has 0 atom stereocenters. The van der Waals surface area contributed by atoms with Gasteiger partial charge in [-0.05, 0) is 32.0 Å². The number of nitriles is 1. The largest absolute Gasteiger partial charge is 0.490 e. The van der Waals surface area contributed by atoms with E-state index in [9.17, 15) is 4.79 Å². The Hall–Kier alpha value is -2.48. The van der Waals surface area contributed by atoms with E-state index >= 15 is 0 Å². The zero-order chi connectivity index (χ0) is 14.5. The minimum absolute atomic E-state index is 0.0275. The van der Waals surface area contributed by atoms with Gasteiger partial charge < -0.3 is 14.6 Å². The second-order valence-electron chi connectivity index (χ2n) is 4.73. The first-order valence-electron chi connectivity index (χ1n) is 6.50. The molecule has 0 radical (unpaired) electrons. The third-order valence-electron chi connectivity index (χ3n) is 2.81. The van der Waals surface area contributed by atoms with E-state index in [0.717, 1.165) is 16.7 Å². The van der Waals surface area contributed by atoms with Crippen molar-refractivity contribution in [2.45, 2.75) is 26.5 Å². The van der Waals surface area contributed by atoms with Gasteiger partial charge in [0.2, 0.25) is 5.91 Å². The zero-order valence-electron chi connectivity index (χ0n) is 11.6. The molecule has 1 amide bonds. The molecule has 5 heteroatoms. The Morgan fingerprint density at radius 1 is 1.45 bits per heavy atom. The highest BCUT2D eigenvalue weighted by molar-refractivity contribution is 5.88. The number of nitrogens with one attached hydrogen (secondary N) is 1. The van der Waals surface area contributed by atoms with Crippen molar-refractivity contribution in [3.63, 3.8) is 0 Å². The van der Waals surface area contributed by atoms with E-state index in [1.54, 1.807) is 0 Å². The Labute approximate surface area is 117 Å². The second kappa shape index (κ2) is 6.11. The molecule has 104 valence electrons. The first-order valence-corrected chi connectivity index (χ1v) is 6.50. The van der Waals surface area contributed by atoms with E-state index in [4.69, 9.17) is 10.00 Å². The highest BCUT2D eigenvalue weighted by Crippen LogP contribution is 2.27. The molecule has 5 nitrogen and oxygen atoms in total. The van der Waals surface area contributed by atoms with Crippen LogP contribution < -0.4 is 10.1 Å². The van der Waals surface area contributed by atoms with Crippen LogP contribution >= 0.6 is 0 Å². The normalized spacial score (nSPS) is 10.5. The van der Waals surface area contributed by atoms with Gasteiger partial charge in [-0.2, -0.15) is 5.26 Å². The Morgan fingerprint density at radius 2 is 2.25 bits per heavy atom. The zero-order valence-corrected chi connectivity index (χ0v) is 11.6. The van der Waals surface area contributed by atoms with Crippen LogP contribution in [0.1, 0.15) is 13.8 Å². The summed E-state index contributed by atoms with van der Waals surface area (Å²) in [6.45, 7) is 4.17. The summed E-state index contributed by atoms with van der Waals surface area (Å²) in [5, 5.41) is 12.0. The minimum Gasteiger partial charge on any atom is -0.490 e. The quantitative estimate of drug-likeness (QED) is 0.846. The third kappa shape index (κ3) is 3.09. The Morgan fingerprint density at radius 3 is 2.95 bits per heavy atom. The fraction of sp³-hybridized carbons (Fsp3) is 0.333. The summed E-state index contributed by atoms with van der Waals surface area (Å²) in [4.78, 5) is 11.7. The Bertz CT molecular complexity index is 653. The molecule has 1 heterocycles. The van der Waals surface area contributed by atoms with Crippen LogP contribution in [0.15, 0.2) is 30.5 Å². The second-order valence-corrected chi connectivity index (χ2v) is 4.73. The van der Waals surface area contributed by atoms with E-state index in [2.05, 4.69) is 5.32 Å². The lowest BCUT2D eigenvalue weighted by molar-refractivity contribution is -0.121. The van der Waals surface area contributed by atoms with Gasteiger partial charge >= 0.3 is 0 Å². The van der Waals surface area contributed by atoms with Crippen LogP contribution in [0.3, 0.4) is 0 Å². The van der Waals surface area contributed by atoms with Crippen molar-refractivity contribution in [1.82, 2.24) is 9.88 Å². The number of carbonyl (C=O) groups excluding carboxylic acids is 1. The highest BCUT2D eigenvalue weighted by atomic mass is 16.5. The number of carbonyl (C=O) groups is 1. The molecule has 0 spiro atoms. The number of rotatable bonds is 5. The number of ether oxygens (including phenoxy) is 1. The summed E-state index contributed by atoms with van der Waals surface area (Å²) in [5.74, 6) is 0.632. The predicted octanol–water partition coefficient (Wildman–Crippen LogP) is 2.07. The molecule has 1 N–H and O–H groups in total. The van der Waals surface area contributed by atoms with Crippen molar-refractivity contribution in [3.8, 4) is 11.8 Å². The van der Waals surface area contributed by atoms with Gasteiger partial charge in [0, 0.05) is 11.6 Å². The maximum atomic E-state index is 11.7. The first kappa shape index (κ1) is 13.9. The smallest absolute Gasteiger partial charge is 0.240 e. The van der Waals surface area contributed by atoms with Crippen molar-refractivity contribution in [3.05, 3.63) is 30.5 Å². The molecule has 2 rings (SSSR count). The van der Waals surface area contributed by atoms with Crippen LogP contribution in [0.5, 0.6) is 5.75 Å². The van der Waals surface area contributed by atoms with E-state index < -0.39 is 0 Å². The summed E-state index contributed by atoms with van der Waals surface area (Å²) in [5.41, 5.74) is 0.940. The number of hydrogen-bond donors (Lipinski definition) is 1. The van der Waals surface area contributed by atoms with Gasteiger partial charge in [-0.3, -0.25) is 4.79 Å². The van der Waals surface area contributed by atoms with Gasteiger partial charge in [0.1, 0.15) is 18.8 Å². The Kier molecular flexibility index (Phi) is 4.26. The summed E-state index contributed by atoms with van der Waals surface area (Å²) in [6.07, 6.45) is 1.95. The standard InChI is InChI=1S/C15H17N3O2/c1-11(2)20-14-5-3-4-13-12(14)6-9-18(13)10-15(19)17-8-7-16/h3-6,9,11H,8,10H2,1-2H3,(H,17,19). The molecule has 0 aliphatic carbocycles. The fourth-order valence-corrected chi connectivity index (χ4v) is 2.04. The minimum atomic E-state index is -0.181. The van der Waals surface area contributed by atoms with Crippen LogP contribution in [-0.4, -0.2) is 23.1 Å². The molecule has 0 aliphatic rings. The number of amides is 1. The monoisotopic (exact) mass is 271 g/mol. The van der Waals surface area contributed by atoms with Crippen LogP contribution in [0.2, 0.25) is 0 Å².